The van der Waals surface area contributed by atoms with E-state index in [1.807, 2.05) is 36.1 Å². The van der Waals surface area contributed by atoms with Crippen molar-refractivity contribution in [2.75, 3.05) is 6.61 Å². The molecule has 0 bridgehead atoms. The lowest BCUT2D eigenvalue weighted by atomic mass is 9.94. The Labute approximate surface area is 130 Å². The van der Waals surface area contributed by atoms with E-state index in [4.69, 9.17) is 4.74 Å². The number of nitrogens with one attached hydrogen (secondary N) is 1. The molecule has 1 aliphatic heterocycles. The third-order valence-corrected chi connectivity index (χ3v) is 4.03. The summed E-state index contributed by atoms with van der Waals surface area (Å²) in [6.07, 6.45) is 7.10. The number of hydrogen-bond donors (Lipinski definition) is 1. The van der Waals surface area contributed by atoms with Gasteiger partial charge in [0.2, 0.25) is 0 Å². The SMILES string of the molecule is Cn1ncc(C(=O)NC2CCOC(C)(C)C2)c1-n1cccc1. The molecule has 1 amide bonds. The molecule has 0 radical (unpaired) electrons. The van der Waals surface area contributed by atoms with Crippen LogP contribution in [0.5, 0.6) is 0 Å². The Kier molecular flexibility index (Phi) is 3.78. The maximum absolute atomic E-state index is 12.6. The van der Waals surface area contributed by atoms with Crippen molar-refractivity contribution >= 4 is 5.91 Å². The highest BCUT2D eigenvalue weighted by atomic mass is 16.5. The normalized spacial score (nSPS) is 20.8. The van der Waals surface area contributed by atoms with Gasteiger partial charge >= 0.3 is 0 Å². The number of carbonyl (C=O) groups is 1. The van der Waals surface area contributed by atoms with Crippen LogP contribution in [0.15, 0.2) is 30.7 Å². The van der Waals surface area contributed by atoms with E-state index >= 15 is 0 Å². The molecule has 0 aromatic carbocycles. The van der Waals surface area contributed by atoms with Gasteiger partial charge in [0.05, 0.1) is 11.8 Å². The zero-order chi connectivity index (χ0) is 15.7. The number of rotatable bonds is 3. The first-order valence-corrected chi connectivity index (χ1v) is 7.56. The molecule has 22 heavy (non-hydrogen) atoms. The van der Waals surface area contributed by atoms with Gasteiger partial charge in [-0.15, -0.1) is 0 Å². The predicted octanol–water partition coefficient (Wildman–Crippen LogP) is 1.90. The summed E-state index contributed by atoms with van der Waals surface area (Å²) >= 11 is 0. The fourth-order valence-corrected chi connectivity index (χ4v) is 2.99. The van der Waals surface area contributed by atoms with E-state index in [2.05, 4.69) is 24.3 Å². The molecule has 2 aromatic heterocycles. The lowest BCUT2D eigenvalue weighted by Gasteiger charge is -2.35. The first-order chi connectivity index (χ1) is 10.5. The lowest BCUT2D eigenvalue weighted by molar-refractivity contribution is -0.0615. The summed E-state index contributed by atoms with van der Waals surface area (Å²) in [5.74, 6) is 0.688. The second-order valence-corrected chi connectivity index (χ2v) is 6.37. The average Bonchev–Trinajstić information content (AvgIpc) is 3.06. The minimum absolute atomic E-state index is 0.0838. The number of ether oxygens (including phenoxy) is 1. The Morgan fingerprint density at radius 1 is 1.41 bits per heavy atom. The van der Waals surface area contributed by atoms with Gasteiger partial charge in [-0.1, -0.05) is 0 Å². The van der Waals surface area contributed by atoms with Gasteiger partial charge in [-0.3, -0.25) is 9.48 Å². The van der Waals surface area contributed by atoms with E-state index in [1.165, 1.54) is 0 Å². The fourth-order valence-electron chi connectivity index (χ4n) is 2.99. The van der Waals surface area contributed by atoms with E-state index in [0.717, 1.165) is 18.7 Å². The molecule has 1 N–H and O–H groups in total. The quantitative estimate of drug-likeness (QED) is 0.942. The van der Waals surface area contributed by atoms with Gasteiger partial charge in [0.25, 0.3) is 5.91 Å². The zero-order valence-corrected chi connectivity index (χ0v) is 13.2. The summed E-state index contributed by atoms with van der Waals surface area (Å²) in [6, 6.07) is 3.99. The van der Waals surface area contributed by atoms with E-state index in [-0.39, 0.29) is 17.6 Å². The Hall–Kier alpha value is -2.08. The third kappa shape index (κ3) is 2.92. The molecule has 1 unspecified atom stereocenters. The predicted molar refractivity (Wildman–Crippen MR) is 83.1 cm³/mol. The molecule has 3 heterocycles. The number of amides is 1. The van der Waals surface area contributed by atoms with Crippen LogP contribution < -0.4 is 5.32 Å². The van der Waals surface area contributed by atoms with Crippen LogP contribution in [0.2, 0.25) is 0 Å². The van der Waals surface area contributed by atoms with Gasteiger partial charge in [-0.05, 0) is 38.8 Å². The van der Waals surface area contributed by atoms with Crippen molar-refractivity contribution in [2.45, 2.75) is 38.3 Å². The molecular weight excluding hydrogens is 280 g/mol. The van der Waals surface area contributed by atoms with Gasteiger partial charge in [-0.2, -0.15) is 5.10 Å². The highest BCUT2D eigenvalue weighted by Crippen LogP contribution is 2.24. The standard InChI is InChI=1S/C16H22N4O2/c1-16(2)10-12(6-9-22-16)18-14(21)13-11-17-19(3)15(13)20-7-4-5-8-20/h4-5,7-8,11-12H,6,9-10H2,1-3H3,(H,18,21). The van der Waals surface area contributed by atoms with E-state index in [0.29, 0.717) is 12.2 Å². The monoisotopic (exact) mass is 302 g/mol. The van der Waals surface area contributed by atoms with Gasteiger partial charge < -0.3 is 14.6 Å². The van der Waals surface area contributed by atoms with Gasteiger partial charge in [-0.25, -0.2) is 0 Å². The van der Waals surface area contributed by atoms with Crippen molar-refractivity contribution < 1.29 is 9.53 Å². The second-order valence-electron chi connectivity index (χ2n) is 6.37. The average molecular weight is 302 g/mol. The minimum Gasteiger partial charge on any atom is -0.375 e. The van der Waals surface area contributed by atoms with Gasteiger partial charge in [0.1, 0.15) is 11.4 Å². The molecular formula is C16H22N4O2. The largest absolute Gasteiger partial charge is 0.375 e. The number of hydrogen-bond acceptors (Lipinski definition) is 3. The van der Waals surface area contributed by atoms with Crippen molar-refractivity contribution in [1.82, 2.24) is 19.7 Å². The molecule has 1 aliphatic rings. The maximum atomic E-state index is 12.6. The van der Waals surface area contributed by atoms with Crippen molar-refractivity contribution in [3.8, 4) is 5.82 Å². The van der Waals surface area contributed by atoms with Crippen LogP contribution in [0.3, 0.4) is 0 Å². The van der Waals surface area contributed by atoms with E-state index in [1.54, 1.807) is 10.9 Å². The van der Waals surface area contributed by atoms with Crippen LogP contribution >= 0.6 is 0 Å². The first kappa shape index (κ1) is 14.8. The molecule has 6 nitrogen and oxygen atoms in total. The fraction of sp³-hybridized carbons (Fsp3) is 0.500. The number of nitrogens with zero attached hydrogens (tertiary/aromatic N) is 3. The highest BCUT2D eigenvalue weighted by Gasteiger charge is 2.30. The molecule has 0 spiro atoms. The molecule has 0 aliphatic carbocycles. The topological polar surface area (TPSA) is 61.1 Å². The van der Waals surface area contributed by atoms with Gasteiger partial charge in [0, 0.05) is 32.1 Å². The lowest BCUT2D eigenvalue weighted by Crippen LogP contribution is -2.45. The summed E-state index contributed by atoms with van der Waals surface area (Å²) in [5, 5.41) is 7.35. The molecule has 2 aromatic rings. The van der Waals surface area contributed by atoms with Crippen molar-refractivity contribution in [3.05, 3.63) is 36.3 Å². The molecule has 0 saturated carbocycles. The number of aromatic nitrogens is 3. The summed E-state index contributed by atoms with van der Waals surface area (Å²) in [5.41, 5.74) is 0.400. The van der Waals surface area contributed by atoms with Crippen molar-refractivity contribution in [3.63, 3.8) is 0 Å². The molecule has 3 rings (SSSR count). The summed E-state index contributed by atoms with van der Waals surface area (Å²) in [7, 11) is 1.84. The maximum Gasteiger partial charge on any atom is 0.256 e. The summed E-state index contributed by atoms with van der Waals surface area (Å²) in [4.78, 5) is 12.6. The Balaban J connectivity index is 1.79. The van der Waals surface area contributed by atoms with E-state index < -0.39 is 0 Å². The second kappa shape index (κ2) is 5.61. The Bertz CT molecular complexity index is 658. The number of aryl methyl sites for hydroxylation is 1. The zero-order valence-electron chi connectivity index (χ0n) is 13.2. The molecule has 6 heteroatoms. The van der Waals surface area contributed by atoms with Crippen molar-refractivity contribution in [2.24, 2.45) is 7.05 Å². The summed E-state index contributed by atoms with van der Waals surface area (Å²) < 4.78 is 9.31. The van der Waals surface area contributed by atoms with Crippen LogP contribution in [-0.4, -0.2) is 38.5 Å². The highest BCUT2D eigenvalue weighted by molar-refractivity contribution is 5.97. The molecule has 1 saturated heterocycles. The Morgan fingerprint density at radius 2 is 2.14 bits per heavy atom. The Morgan fingerprint density at radius 3 is 2.82 bits per heavy atom. The summed E-state index contributed by atoms with van der Waals surface area (Å²) in [6.45, 7) is 4.79. The first-order valence-electron chi connectivity index (χ1n) is 7.56. The van der Waals surface area contributed by atoms with Gasteiger partial charge in [0.15, 0.2) is 0 Å². The molecule has 1 fully saturated rings. The minimum atomic E-state index is -0.186. The molecule has 118 valence electrons. The molecule has 1 atom stereocenters. The van der Waals surface area contributed by atoms with E-state index in [9.17, 15) is 4.79 Å². The van der Waals surface area contributed by atoms with Crippen molar-refractivity contribution in [1.29, 1.82) is 0 Å². The van der Waals surface area contributed by atoms with Crippen LogP contribution in [-0.2, 0) is 11.8 Å². The van der Waals surface area contributed by atoms with Crippen LogP contribution in [0.1, 0.15) is 37.0 Å². The number of carbonyl (C=O) groups excluding carboxylic acids is 1. The van der Waals surface area contributed by atoms with Crippen LogP contribution in [0.4, 0.5) is 0 Å². The third-order valence-electron chi connectivity index (χ3n) is 4.03. The van der Waals surface area contributed by atoms with Crippen LogP contribution in [0.25, 0.3) is 5.82 Å². The smallest absolute Gasteiger partial charge is 0.256 e. The van der Waals surface area contributed by atoms with Crippen LogP contribution in [0, 0.1) is 0 Å².